The Hall–Kier alpha value is -2.11. The minimum atomic E-state index is -0.433. The minimum Gasteiger partial charge on any atom is -0.346 e. The van der Waals surface area contributed by atoms with E-state index in [9.17, 15) is 14.4 Å². The molecule has 1 aromatic heterocycles. The maximum Gasteiger partial charge on any atom is 0.268 e. The number of H-pyrrole nitrogens is 1. The Kier molecular flexibility index (Phi) is 4.61. The molecule has 6 heteroatoms. The highest BCUT2D eigenvalue weighted by atomic mass is 16.2. The number of aromatic amines is 1. The number of pyridine rings is 1. The third-order valence-corrected chi connectivity index (χ3v) is 2.31. The van der Waals surface area contributed by atoms with Crippen LogP contribution in [0.25, 0.3) is 0 Å². The molecule has 0 unspecified atom stereocenters. The van der Waals surface area contributed by atoms with Gasteiger partial charge in [-0.15, -0.1) is 0 Å². The summed E-state index contributed by atoms with van der Waals surface area (Å²) in [5, 5.41) is 5.47. The molecule has 0 fully saturated rings. The quantitative estimate of drug-likeness (QED) is 0.770. The Balaban J connectivity index is 3.08. The van der Waals surface area contributed by atoms with Gasteiger partial charge in [0.25, 0.3) is 11.8 Å². The summed E-state index contributed by atoms with van der Waals surface area (Å²) < 4.78 is 0. The van der Waals surface area contributed by atoms with E-state index in [1.54, 1.807) is 0 Å². The Bertz CT molecular complexity index is 555. The van der Waals surface area contributed by atoms with Gasteiger partial charge in [0, 0.05) is 23.2 Å². The van der Waals surface area contributed by atoms with E-state index < -0.39 is 28.3 Å². The average Bonchev–Trinajstić information content (AvgIpc) is 2.23. The summed E-state index contributed by atoms with van der Waals surface area (Å²) in [6.07, 6.45) is 0. The maximum atomic E-state index is 12.1. The van der Waals surface area contributed by atoms with Crippen LogP contribution in [0, 0.1) is 0 Å². The van der Waals surface area contributed by atoms with E-state index in [4.69, 9.17) is 0 Å². The molecule has 1 rings (SSSR count). The molecule has 116 valence electrons. The van der Waals surface area contributed by atoms with Crippen molar-refractivity contribution in [1.82, 2.24) is 15.6 Å². The lowest BCUT2D eigenvalue weighted by atomic mass is 10.1. The highest BCUT2D eigenvalue weighted by Gasteiger charge is 2.20. The van der Waals surface area contributed by atoms with Gasteiger partial charge >= 0.3 is 0 Å². The lowest BCUT2D eigenvalue weighted by molar-refractivity contribution is 0.0910. The van der Waals surface area contributed by atoms with Crippen molar-refractivity contribution in [2.45, 2.75) is 52.6 Å². The first-order chi connectivity index (χ1) is 9.37. The summed E-state index contributed by atoms with van der Waals surface area (Å²) in [5.41, 5.74) is -1.13. The Morgan fingerprint density at radius 3 is 1.48 bits per heavy atom. The number of carbonyl (C=O) groups excluding carboxylic acids is 2. The molecule has 0 radical (unpaired) electrons. The van der Waals surface area contributed by atoms with E-state index in [1.165, 1.54) is 12.1 Å². The second-order valence-corrected chi connectivity index (χ2v) is 7.05. The van der Waals surface area contributed by atoms with E-state index in [0.29, 0.717) is 0 Å². The van der Waals surface area contributed by atoms with Crippen LogP contribution in [0.5, 0.6) is 0 Å². The van der Waals surface area contributed by atoms with Crippen LogP contribution < -0.4 is 16.1 Å². The van der Waals surface area contributed by atoms with Crippen molar-refractivity contribution in [2.24, 2.45) is 0 Å². The van der Waals surface area contributed by atoms with Crippen LogP contribution in [0.1, 0.15) is 62.5 Å². The van der Waals surface area contributed by atoms with Gasteiger partial charge in [-0.3, -0.25) is 14.4 Å². The van der Waals surface area contributed by atoms with Crippen molar-refractivity contribution in [3.05, 3.63) is 33.7 Å². The largest absolute Gasteiger partial charge is 0.346 e. The molecule has 0 aliphatic rings. The number of nitrogens with one attached hydrogen (secondary N) is 3. The molecule has 1 heterocycles. The third-order valence-electron chi connectivity index (χ3n) is 2.31. The molecule has 0 bridgehead atoms. The second kappa shape index (κ2) is 5.71. The van der Waals surface area contributed by atoms with Gasteiger partial charge in [-0.05, 0) is 41.5 Å². The number of hydrogen-bond acceptors (Lipinski definition) is 3. The smallest absolute Gasteiger partial charge is 0.268 e. The SMILES string of the molecule is CC(C)(C)NC(=O)c1cc(=O)cc(C(=O)NC(C)(C)C)[nH]1. The zero-order valence-electron chi connectivity index (χ0n) is 13.4. The number of hydrogen-bond donors (Lipinski definition) is 3. The van der Waals surface area contributed by atoms with Crippen LogP contribution in [-0.2, 0) is 0 Å². The normalized spacial score (nSPS) is 11.9. The van der Waals surface area contributed by atoms with Crippen molar-refractivity contribution in [3.63, 3.8) is 0 Å². The van der Waals surface area contributed by atoms with Crippen LogP contribution in [0.3, 0.4) is 0 Å². The van der Waals surface area contributed by atoms with Crippen LogP contribution in [0.2, 0.25) is 0 Å². The van der Waals surface area contributed by atoms with E-state index >= 15 is 0 Å². The zero-order valence-corrected chi connectivity index (χ0v) is 13.4. The number of carbonyl (C=O) groups is 2. The molecule has 0 spiro atoms. The van der Waals surface area contributed by atoms with Crippen molar-refractivity contribution >= 4 is 11.8 Å². The maximum absolute atomic E-state index is 12.1. The summed E-state index contributed by atoms with van der Waals surface area (Å²) in [6, 6.07) is 2.35. The number of aromatic nitrogens is 1. The Labute approximate surface area is 124 Å². The van der Waals surface area contributed by atoms with Gasteiger partial charge < -0.3 is 15.6 Å². The first-order valence-corrected chi connectivity index (χ1v) is 6.77. The van der Waals surface area contributed by atoms with Gasteiger partial charge in [0.2, 0.25) is 0 Å². The highest BCUT2D eigenvalue weighted by Crippen LogP contribution is 2.04. The summed E-state index contributed by atoms with van der Waals surface area (Å²) in [7, 11) is 0. The third kappa shape index (κ3) is 5.81. The van der Waals surface area contributed by atoms with E-state index in [0.717, 1.165) is 0 Å². The van der Waals surface area contributed by atoms with Gasteiger partial charge in [0.15, 0.2) is 5.43 Å². The lowest BCUT2D eigenvalue weighted by Crippen LogP contribution is -2.43. The fraction of sp³-hybridized carbons (Fsp3) is 0.533. The van der Waals surface area contributed by atoms with Crippen molar-refractivity contribution in [3.8, 4) is 0 Å². The molecule has 0 aliphatic heterocycles. The molecule has 0 atom stereocenters. The van der Waals surface area contributed by atoms with Crippen LogP contribution >= 0.6 is 0 Å². The fourth-order valence-electron chi connectivity index (χ4n) is 1.60. The summed E-state index contributed by atoms with van der Waals surface area (Å²) in [4.78, 5) is 38.5. The summed E-state index contributed by atoms with van der Waals surface area (Å²) in [5.74, 6) is -0.852. The van der Waals surface area contributed by atoms with E-state index in [1.807, 2.05) is 41.5 Å². The average molecular weight is 293 g/mol. The van der Waals surface area contributed by atoms with Crippen LogP contribution in [-0.4, -0.2) is 27.9 Å². The molecule has 1 aromatic rings. The Morgan fingerprint density at radius 1 is 0.857 bits per heavy atom. The molecule has 3 N–H and O–H groups in total. The predicted octanol–water partition coefficient (Wildman–Crippen LogP) is 1.43. The van der Waals surface area contributed by atoms with Gasteiger partial charge in [-0.2, -0.15) is 0 Å². The molecule has 0 aliphatic carbocycles. The zero-order chi connectivity index (χ0) is 16.4. The van der Waals surface area contributed by atoms with Crippen molar-refractivity contribution in [2.75, 3.05) is 0 Å². The summed E-state index contributed by atoms with van der Waals surface area (Å²) >= 11 is 0. The van der Waals surface area contributed by atoms with Crippen molar-refractivity contribution in [1.29, 1.82) is 0 Å². The highest BCUT2D eigenvalue weighted by molar-refractivity contribution is 5.96. The van der Waals surface area contributed by atoms with Gasteiger partial charge in [0.05, 0.1) is 0 Å². The first kappa shape index (κ1) is 16.9. The van der Waals surface area contributed by atoms with Gasteiger partial charge in [-0.25, -0.2) is 0 Å². The van der Waals surface area contributed by atoms with Crippen LogP contribution in [0.15, 0.2) is 16.9 Å². The summed E-state index contributed by atoms with van der Waals surface area (Å²) in [6.45, 7) is 11.0. The minimum absolute atomic E-state index is 0.0662. The predicted molar refractivity (Wildman–Crippen MR) is 81.5 cm³/mol. The molecular formula is C15H23N3O3. The molecule has 21 heavy (non-hydrogen) atoms. The molecular weight excluding hydrogens is 270 g/mol. The number of amides is 2. The fourth-order valence-corrected chi connectivity index (χ4v) is 1.60. The monoisotopic (exact) mass is 293 g/mol. The molecule has 0 saturated heterocycles. The van der Waals surface area contributed by atoms with Crippen molar-refractivity contribution < 1.29 is 9.59 Å². The number of rotatable bonds is 2. The molecule has 0 saturated carbocycles. The first-order valence-electron chi connectivity index (χ1n) is 6.77. The van der Waals surface area contributed by atoms with Gasteiger partial charge in [0.1, 0.15) is 11.4 Å². The van der Waals surface area contributed by atoms with E-state index in [-0.39, 0.29) is 11.4 Å². The lowest BCUT2D eigenvalue weighted by Gasteiger charge is -2.21. The van der Waals surface area contributed by atoms with Gasteiger partial charge in [-0.1, -0.05) is 0 Å². The Morgan fingerprint density at radius 2 is 1.19 bits per heavy atom. The topological polar surface area (TPSA) is 91.1 Å². The second-order valence-electron chi connectivity index (χ2n) is 7.05. The molecule has 6 nitrogen and oxygen atoms in total. The molecule has 0 aromatic carbocycles. The molecule has 2 amide bonds. The van der Waals surface area contributed by atoms with Crippen LogP contribution in [0.4, 0.5) is 0 Å². The standard InChI is InChI=1S/C15H23N3O3/c1-14(2,3)17-12(20)10-7-9(19)8-11(16-10)13(21)18-15(4,5)6/h7-8H,1-6H3,(H,16,19)(H,17,20)(H,18,21). The van der Waals surface area contributed by atoms with E-state index in [2.05, 4.69) is 15.6 Å².